The van der Waals surface area contributed by atoms with Crippen LogP contribution in [0, 0.1) is 0 Å². The van der Waals surface area contributed by atoms with Crippen LogP contribution in [0.5, 0.6) is 0 Å². The Morgan fingerprint density at radius 3 is 2.30 bits per heavy atom. The van der Waals surface area contributed by atoms with E-state index in [0.29, 0.717) is 0 Å². The van der Waals surface area contributed by atoms with Crippen molar-refractivity contribution in [3.63, 3.8) is 0 Å². The van der Waals surface area contributed by atoms with E-state index in [9.17, 15) is 0 Å². The van der Waals surface area contributed by atoms with Gasteiger partial charge in [-0.3, -0.25) is 0 Å². The molecule has 0 spiro atoms. The minimum atomic E-state index is 1.35. The van der Waals surface area contributed by atoms with E-state index in [1.807, 2.05) is 22.7 Å². The zero-order valence-electron chi connectivity index (χ0n) is 10.6. The van der Waals surface area contributed by atoms with Crippen LogP contribution in [0.1, 0.15) is 0 Å². The zero-order chi connectivity index (χ0) is 13.1. The van der Waals surface area contributed by atoms with Gasteiger partial charge in [0.25, 0.3) is 0 Å². The summed E-state index contributed by atoms with van der Waals surface area (Å²) in [5.74, 6) is 0. The average Bonchev–Trinajstić information content (AvgIpc) is 3.11. The van der Waals surface area contributed by atoms with Crippen molar-refractivity contribution < 1.29 is 0 Å². The van der Waals surface area contributed by atoms with Crippen molar-refractivity contribution in [1.82, 2.24) is 0 Å². The fraction of sp³-hybridized carbons (Fsp3) is 0. The Bertz CT molecular complexity index is 1100. The number of hydrogen-bond donors (Lipinski definition) is 0. The summed E-state index contributed by atoms with van der Waals surface area (Å²) in [6, 6.07) is 20.0. The van der Waals surface area contributed by atoms with Crippen molar-refractivity contribution in [2.75, 3.05) is 0 Å². The van der Waals surface area contributed by atoms with Crippen LogP contribution in [0.3, 0.4) is 0 Å². The molecule has 0 aliphatic carbocycles. The third-order valence-corrected chi connectivity index (χ3v) is 6.14. The van der Waals surface area contributed by atoms with Crippen LogP contribution in [0.2, 0.25) is 0 Å². The van der Waals surface area contributed by atoms with Gasteiger partial charge in [-0.05, 0) is 22.9 Å². The van der Waals surface area contributed by atoms with E-state index in [1.165, 1.54) is 41.0 Å². The second-order valence-electron chi connectivity index (χ2n) is 5.04. The molecule has 20 heavy (non-hydrogen) atoms. The Balaban J connectivity index is 2.10. The summed E-state index contributed by atoms with van der Waals surface area (Å²) in [5, 5.41) is 9.06. The van der Waals surface area contributed by atoms with Crippen LogP contribution >= 0.6 is 22.7 Å². The van der Waals surface area contributed by atoms with Gasteiger partial charge >= 0.3 is 0 Å². The summed E-state index contributed by atoms with van der Waals surface area (Å²) in [5.41, 5.74) is 0. The van der Waals surface area contributed by atoms with Gasteiger partial charge in [0.2, 0.25) is 0 Å². The lowest BCUT2D eigenvalue weighted by molar-refractivity contribution is 1.86. The fourth-order valence-corrected chi connectivity index (χ4v) is 5.17. The van der Waals surface area contributed by atoms with Crippen LogP contribution in [0.4, 0.5) is 0 Å². The first-order valence-electron chi connectivity index (χ1n) is 6.62. The van der Waals surface area contributed by atoms with Gasteiger partial charge in [0.15, 0.2) is 0 Å². The molecule has 0 saturated carbocycles. The van der Waals surface area contributed by atoms with Crippen molar-refractivity contribution in [2.24, 2.45) is 0 Å². The quantitative estimate of drug-likeness (QED) is 0.308. The number of benzene rings is 3. The van der Waals surface area contributed by atoms with E-state index in [2.05, 4.69) is 60.0 Å². The molecule has 94 valence electrons. The fourth-order valence-electron chi connectivity index (χ4n) is 3.02. The average molecular weight is 290 g/mol. The van der Waals surface area contributed by atoms with Crippen LogP contribution in [0.15, 0.2) is 60.0 Å². The summed E-state index contributed by atoms with van der Waals surface area (Å²) in [7, 11) is 0. The SMILES string of the molecule is c1ccc2c(c1)sc1c2ccc2c1ccc1ccsc12. The largest absolute Gasteiger partial charge is 0.143 e. The second-order valence-corrected chi connectivity index (χ2v) is 7.01. The van der Waals surface area contributed by atoms with E-state index in [-0.39, 0.29) is 0 Å². The van der Waals surface area contributed by atoms with E-state index >= 15 is 0 Å². The van der Waals surface area contributed by atoms with Gasteiger partial charge in [-0.1, -0.05) is 42.5 Å². The number of rotatable bonds is 0. The molecular formula is C18H10S2. The third-order valence-electron chi connectivity index (χ3n) is 3.96. The maximum absolute atomic E-state index is 2.29. The molecule has 0 unspecified atom stereocenters. The summed E-state index contributed by atoms with van der Waals surface area (Å²) in [4.78, 5) is 0. The van der Waals surface area contributed by atoms with Crippen molar-refractivity contribution in [1.29, 1.82) is 0 Å². The van der Waals surface area contributed by atoms with Crippen LogP contribution < -0.4 is 0 Å². The first-order valence-corrected chi connectivity index (χ1v) is 8.31. The van der Waals surface area contributed by atoms with Gasteiger partial charge in [-0.2, -0.15) is 0 Å². The topological polar surface area (TPSA) is 0 Å². The molecule has 0 aliphatic heterocycles. The molecule has 0 N–H and O–H groups in total. The molecule has 2 heteroatoms. The van der Waals surface area contributed by atoms with Gasteiger partial charge in [-0.15, -0.1) is 22.7 Å². The molecule has 5 rings (SSSR count). The normalized spacial score (nSPS) is 12.0. The molecule has 2 heterocycles. The highest BCUT2D eigenvalue weighted by atomic mass is 32.1. The summed E-state index contributed by atoms with van der Waals surface area (Å²) in [6.45, 7) is 0. The summed E-state index contributed by atoms with van der Waals surface area (Å²) in [6.07, 6.45) is 0. The van der Waals surface area contributed by atoms with E-state index < -0.39 is 0 Å². The predicted molar refractivity (Wildman–Crippen MR) is 92.2 cm³/mol. The van der Waals surface area contributed by atoms with Crippen molar-refractivity contribution in [2.45, 2.75) is 0 Å². The highest BCUT2D eigenvalue weighted by Crippen LogP contribution is 2.40. The van der Waals surface area contributed by atoms with Gasteiger partial charge in [0, 0.05) is 35.6 Å². The number of thiophene rings is 2. The smallest absolute Gasteiger partial charge is 0.0434 e. The lowest BCUT2D eigenvalue weighted by Crippen LogP contribution is -1.73. The third kappa shape index (κ3) is 1.30. The summed E-state index contributed by atoms with van der Waals surface area (Å²) < 4.78 is 4.20. The minimum absolute atomic E-state index is 1.35. The molecule has 0 saturated heterocycles. The molecule has 2 aromatic heterocycles. The molecule has 0 radical (unpaired) electrons. The molecule has 3 aromatic carbocycles. The molecule has 0 fully saturated rings. The first-order chi connectivity index (χ1) is 9.92. The minimum Gasteiger partial charge on any atom is -0.143 e. The predicted octanol–water partition coefficient (Wildman–Crippen LogP) is 6.42. The number of fused-ring (bicyclic) bond motifs is 7. The molecule has 0 atom stereocenters. The van der Waals surface area contributed by atoms with Gasteiger partial charge in [-0.25, -0.2) is 0 Å². The Hall–Kier alpha value is -1.90. The van der Waals surface area contributed by atoms with E-state index in [1.54, 1.807) is 0 Å². The van der Waals surface area contributed by atoms with Gasteiger partial charge < -0.3 is 0 Å². The Morgan fingerprint density at radius 2 is 1.35 bits per heavy atom. The summed E-state index contributed by atoms with van der Waals surface area (Å²) >= 11 is 3.74. The van der Waals surface area contributed by atoms with Crippen LogP contribution in [-0.2, 0) is 0 Å². The Morgan fingerprint density at radius 1 is 0.600 bits per heavy atom. The van der Waals surface area contributed by atoms with E-state index in [0.717, 1.165) is 0 Å². The lowest BCUT2D eigenvalue weighted by Gasteiger charge is -2.01. The first kappa shape index (κ1) is 10.8. The highest BCUT2D eigenvalue weighted by molar-refractivity contribution is 7.26. The van der Waals surface area contributed by atoms with Crippen molar-refractivity contribution >= 4 is 63.7 Å². The standard InChI is InChI=1S/C18H10S2/c1-2-4-16-12(3-1)13-7-8-14-15(18(13)20-16)6-5-11-9-10-19-17(11)14/h1-10H. The monoisotopic (exact) mass is 290 g/mol. The van der Waals surface area contributed by atoms with Crippen molar-refractivity contribution in [3.05, 3.63) is 60.0 Å². The van der Waals surface area contributed by atoms with Crippen LogP contribution in [-0.4, -0.2) is 0 Å². The molecule has 0 nitrogen and oxygen atoms in total. The van der Waals surface area contributed by atoms with E-state index in [4.69, 9.17) is 0 Å². The Labute approximate surface area is 123 Å². The second kappa shape index (κ2) is 3.81. The van der Waals surface area contributed by atoms with Gasteiger partial charge in [0.05, 0.1) is 0 Å². The highest BCUT2D eigenvalue weighted by Gasteiger charge is 2.09. The molecule has 0 amide bonds. The van der Waals surface area contributed by atoms with Gasteiger partial charge in [0.1, 0.15) is 0 Å². The zero-order valence-corrected chi connectivity index (χ0v) is 12.2. The maximum atomic E-state index is 2.29. The van der Waals surface area contributed by atoms with Crippen LogP contribution in [0.25, 0.3) is 41.0 Å². The molecular weight excluding hydrogens is 280 g/mol. The lowest BCUT2D eigenvalue weighted by atomic mass is 10.0. The van der Waals surface area contributed by atoms with Crippen molar-refractivity contribution in [3.8, 4) is 0 Å². The molecule has 5 aromatic rings. The Kier molecular flexibility index (Phi) is 2.07. The maximum Gasteiger partial charge on any atom is 0.0434 e. The number of hydrogen-bond acceptors (Lipinski definition) is 2. The molecule has 0 aliphatic rings. The molecule has 0 bridgehead atoms.